The second-order valence-corrected chi connectivity index (χ2v) is 10.6. The Morgan fingerprint density at radius 2 is 1.73 bits per heavy atom. The zero-order valence-electron chi connectivity index (χ0n) is 14.4. The van der Waals surface area contributed by atoms with Crippen molar-refractivity contribution in [2.24, 2.45) is 45.3 Å². The van der Waals surface area contributed by atoms with E-state index in [1.807, 2.05) is 0 Å². The van der Waals surface area contributed by atoms with Crippen molar-refractivity contribution in [3.8, 4) is 0 Å². The lowest BCUT2D eigenvalue weighted by Gasteiger charge is -2.67. The van der Waals surface area contributed by atoms with E-state index in [9.17, 15) is 10.2 Å². The molecule has 6 aliphatic carbocycles. The van der Waals surface area contributed by atoms with E-state index in [-0.39, 0.29) is 16.9 Å². The van der Waals surface area contributed by atoms with E-state index in [1.54, 1.807) is 0 Å². The lowest BCUT2D eigenvalue weighted by molar-refractivity contribution is -0.218. The summed E-state index contributed by atoms with van der Waals surface area (Å²) in [7, 11) is 0. The van der Waals surface area contributed by atoms with Crippen molar-refractivity contribution in [3.05, 3.63) is 0 Å². The molecule has 6 saturated carbocycles. The minimum Gasteiger partial charge on any atom is -0.396 e. The Morgan fingerprint density at radius 1 is 0.955 bits per heavy atom. The number of aliphatic hydroxyl groups excluding tert-OH is 2. The SMILES string of the molecule is C[C@@]1(CO)CCC[C@]2(C)[C@@H]1C[C@H](O)[C@@]13C[C@H]4[C@@H](C[C@@H]21)[C@@]4(C)C3. The lowest BCUT2D eigenvalue weighted by Crippen LogP contribution is -2.63. The van der Waals surface area contributed by atoms with E-state index in [2.05, 4.69) is 20.8 Å². The molecule has 0 aliphatic heterocycles. The van der Waals surface area contributed by atoms with Crippen LogP contribution in [0.3, 0.4) is 0 Å². The van der Waals surface area contributed by atoms with Gasteiger partial charge in [-0.25, -0.2) is 0 Å². The van der Waals surface area contributed by atoms with Crippen molar-refractivity contribution in [2.45, 2.75) is 71.8 Å². The predicted octanol–water partition coefficient (Wildman–Crippen LogP) is 3.61. The van der Waals surface area contributed by atoms with Crippen LogP contribution in [0.4, 0.5) is 0 Å². The molecule has 2 heteroatoms. The largest absolute Gasteiger partial charge is 0.396 e. The van der Waals surface area contributed by atoms with Crippen LogP contribution in [0.15, 0.2) is 0 Å². The molecule has 9 atom stereocenters. The quantitative estimate of drug-likeness (QED) is 0.777. The molecular weight excluding hydrogens is 272 g/mol. The van der Waals surface area contributed by atoms with Crippen molar-refractivity contribution in [3.63, 3.8) is 0 Å². The summed E-state index contributed by atoms with van der Waals surface area (Å²) < 4.78 is 0. The normalized spacial score (nSPS) is 68.3. The van der Waals surface area contributed by atoms with E-state index in [4.69, 9.17) is 0 Å². The zero-order chi connectivity index (χ0) is 15.5. The predicted molar refractivity (Wildman–Crippen MR) is 86.1 cm³/mol. The third-order valence-electron chi connectivity index (χ3n) is 9.94. The highest BCUT2D eigenvalue weighted by molar-refractivity contribution is 5.28. The summed E-state index contributed by atoms with van der Waals surface area (Å²) in [6.07, 6.45) is 8.51. The van der Waals surface area contributed by atoms with Crippen LogP contribution >= 0.6 is 0 Å². The van der Waals surface area contributed by atoms with Gasteiger partial charge in [0.1, 0.15) is 0 Å². The molecule has 0 aromatic rings. The Kier molecular flexibility index (Phi) is 2.45. The van der Waals surface area contributed by atoms with Gasteiger partial charge in [-0.3, -0.25) is 0 Å². The van der Waals surface area contributed by atoms with Crippen molar-refractivity contribution in [1.82, 2.24) is 0 Å². The van der Waals surface area contributed by atoms with Crippen molar-refractivity contribution < 1.29 is 10.2 Å². The summed E-state index contributed by atoms with van der Waals surface area (Å²) >= 11 is 0. The molecule has 0 aromatic heterocycles. The zero-order valence-corrected chi connectivity index (χ0v) is 14.4. The highest BCUT2D eigenvalue weighted by atomic mass is 16.3. The van der Waals surface area contributed by atoms with Gasteiger partial charge in [0.15, 0.2) is 0 Å². The maximum atomic E-state index is 11.2. The van der Waals surface area contributed by atoms with Crippen LogP contribution < -0.4 is 0 Å². The van der Waals surface area contributed by atoms with Gasteiger partial charge in [0.25, 0.3) is 0 Å². The minimum atomic E-state index is -0.120. The molecular formula is C20H32O2. The van der Waals surface area contributed by atoms with E-state index in [1.165, 1.54) is 32.1 Å². The molecule has 0 radical (unpaired) electrons. The Balaban J connectivity index is 1.59. The van der Waals surface area contributed by atoms with Gasteiger partial charge in [0.2, 0.25) is 0 Å². The number of aliphatic hydroxyl groups is 2. The van der Waals surface area contributed by atoms with Gasteiger partial charge >= 0.3 is 0 Å². The van der Waals surface area contributed by atoms with Crippen molar-refractivity contribution >= 4 is 0 Å². The van der Waals surface area contributed by atoms with E-state index >= 15 is 0 Å². The molecule has 4 bridgehead atoms. The van der Waals surface area contributed by atoms with Gasteiger partial charge in [0, 0.05) is 12.0 Å². The summed E-state index contributed by atoms with van der Waals surface area (Å²) in [4.78, 5) is 0. The second kappa shape index (κ2) is 3.77. The van der Waals surface area contributed by atoms with Gasteiger partial charge in [-0.05, 0) is 78.4 Å². The smallest absolute Gasteiger partial charge is 0.0602 e. The Morgan fingerprint density at radius 3 is 2.36 bits per heavy atom. The number of rotatable bonds is 1. The maximum absolute atomic E-state index is 11.2. The lowest BCUT2D eigenvalue weighted by atomic mass is 9.39. The maximum Gasteiger partial charge on any atom is 0.0602 e. The fraction of sp³-hybridized carbons (Fsp3) is 1.00. The van der Waals surface area contributed by atoms with Gasteiger partial charge in [-0.2, -0.15) is 0 Å². The van der Waals surface area contributed by atoms with Crippen LogP contribution in [0.1, 0.15) is 65.7 Å². The van der Waals surface area contributed by atoms with Gasteiger partial charge in [-0.1, -0.05) is 27.2 Å². The highest BCUT2D eigenvalue weighted by Crippen LogP contribution is 2.85. The van der Waals surface area contributed by atoms with Crippen LogP contribution in [0.25, 0.3) is 0 Å². The molecule has 0 heterocycles. The molecule has 2 N–H and O–H groups in total. The second-order valence-electron chi connectivity index (χ2n) is 10.6. The summed E-state index contributed by atoms with van der Waals surface area (Å²) in [5.41, 5.74) is 1.19. The minimum absolute atomic E-state index is 0.0308. The monoisotopic (exact) mass is 304 g/mol. The Hall–Kier alpha value is -0.0800. The topological polar surface area (TPSA) is 40.5 Å². The first-order valence-corrected chi connectivity index (χ1v) is 9.59. The van der Waals surface area contributed by atoms with Gasteiger partial charge in [-0.15, -0.1) is 0 Å². The van der Waals surface area contributed by atoms with Gasteiger partial charge < -0.3 is 10.2 Å². The molecule has 1 spiro atoms. The van der Waals surface area contributed by atoms with Crippen molar-refractivity contribution in [2.75, 3.05) is 6.61 Å². The summed E-state index contributed by atoms with van der Waals surface area (Å²) in [5.74, 6) is 3.08. The van der Waals surface area contributed by atoms with Gasteiger partial charge in [0.05, 0.1) is 6.10 Å². The van der Waals surface area contributed by atoms with E-state index in [0.717, 1.165) is 24.7 Å². The fourth-order valence-electron chi connectivity index (χ4n) is 8.83. The fourth-order valence-corrected chi connectivity index (χ4v) is 8.83. The molecule has 22 heavy (non-hydrogen) atoms. The molecule has 6 aliphatic rings. The highest BCUT2D eigenvalue weighted by Gasteiger charge is 2.80. The van der Waals surface area contributed by atoms with E-state index < -0.39 is 0 Å². The van der Waals surface area contributed by atoms with Crippen molar-refractivity contribution in [1.29, 1.82) is 0 Å². The molecule has 6 fully saturated rings. The average Bonchev–Trinajstić information content (AvgIpc) is 2.93. The summed E-state index contributed by atoms with van der Waals surface area (Å²) in [5, 5.41) is 21.3. The first kappa shape index (κ1) is 14.3. The van der Waals surface area contributed by atoms with E-state index in [0.29, 0.717) is 29.3 Å². The van der Waals surface area contributed by atoms with Crippen LogP contribution in [0.2, 0.25) is 0 Å². The summed E-state index contributed by atoms with van der Waals surface area (Å²) in [6, 6.07) is 0. The van der Waals surface area contributed by atoms with Crippen LogP contribution in [-0.4, -0.2) is 22.9 Å². The molecule has 0 aromatic carbocycles. The average molecular weight is 304 g/mol. The van der Waals surface area contributed by atoms with Crippen LogP contribution in [0, 0.1) is 45.3 Å². The molecule has 0 amide bonds. The molecule has 2 nitrogen and oxygen atoms in total. The first-order valence-electron chi connectivity index (χ1n) is 9.59. The molecule has 0 saturated heterocycles. The molecule has 124 valence electrons. The first-order chi connectivity index (χ1) is 10.3. The van der Waals surface area contributed by atoms with Crippen LogP contribution in [0.5, 0.6) is 0 Å². The Bertz CT molecular complexity index is 532. The third-order valence-corrected chi connectivity index (χ3v) is 9.94. The van der Waals surface area contributed by atoms with Crippen LogP contribution in [-0.2, 0) is 0 Å². The summed E-state index contributed by atoms with van der Waals surface area (Å²) in [6.45, 7) is 7.60. The third kappa shape index (κ3) is 1.30. The number of hydrogen-bond acceptors (Lipinski definition) is 2. The Labute approximate surface area is 134 Å². The molecule has 6 rings (SSSR count). The number of fused-ring (bicyclic) bond motifs is 1. The standard InChI is InChI=1S/C20H32O2/c1-17(11-21)5-4-6-18(2)14(17)8-16(22)20-9-13-12(7-15(18)20)19(13,3)10-20/h12-16,21-22H,4-11H2,1-3H3/t12-,13+,14-,15+,16+,17+,18-,19-,20-/m1/s1. The molecule has 0 unspecified atom stereocenters. The number of hydrogen-bond donors (Lipinski definition) is 2.